The van der Waals surface area contributed by atoms with Crippen molar-refractivity contribution in [2.24, 2.45) is 0 Å². The zero-order valence-electron chi connectivity index (χ0n) is 12.5. The maximum Gasteiger partial charge on any atom is 0.0411 e. The normalized spacial score (nSPS) is 14.6. The number of anilines is 1. The number of para-hydroxylation sites is 1. The van der Waals surface area contributed by atoms with Gasteiger partial charge < -0.3 is 10.2 Å². The molecule has 3 rings (SSSR count). The van der Waals surface area contributed by atoms with E-state index in [0.29, 0.717) is 0 Å². The van der Waals surface area contributed by atoms with E-state index in [0.717, 1.165) is 19.5 Å². The number of hydrogen-bond acceptors (Lipinski definition) is 3. The van der Waals surface area contributed by atoms with E-state index >= 15 is 0 Å². The van der Waals surface area contributed by atoms with Crippen LogP contribution >= 0.6 is 0 Å². The molecular weight excluding hydrogens is 258 g/mol. The highest BCUT2D eigenvalue weighted by Gasteiger charge is 2.14. The van der Waals surface area contributed by atoms with Gasteiger partial charge in [0.15, 0.2) is 0 Å². The molecule has 0 atom stereocenters. The molecule has 0 unspecified atom stereocenters. The summed E-state index contributed by atoms with van der Waals surface area (Å²) < 4.78 is 0. The second-order valence-electron chi connectivity index (χ2n) is 5.61. The molecule has 110 valence electrons. The number of nitrogens with one attached hydrogen (secondary N) is 1. The number of pyridine rings is 1. The Bertz CT molecular complexity index is 547. The van der Waals surface area contributed by atoms with Crippen LogP contribution in [0.3, 0.4) is 0 Å². The molecule has 1 aromatic carbocycles. The number of benzene rings is 1. The first-order chi connectivity index (χ1) is 10.4. The summed E-state index contributed by atoms with van der Waals surface area (Å²) in [5, 5.41) is 3.57. The largest absolute Gasteiger partial charge is 0.371 e. The smallest absolute Gasteiger partial charge is 0.0411 e. The average molecular weight is 281 g/mol. The first-order valence-corrected chi connectivity index (χ1v) is 7.86. The lowest BCUT2D eigenvalue weighted by Gasteiger charge is -2.21. The predicted molar refractivity (Wildman–Crippen MR) is 87.5 cm³/mol. The first kappa shape index (κ1) is 14.1. The van der Waals surface area contributed by atoms with Gasteiger partial charge in [-0.2, -0.15) is 0 Å². The molecule has 0 radical (unpaired) electrons. The number of hydrogen-bond donors (Lipinski definition) is 1. The van der Waals surface area contributed by atoms with Gasteiger partial charge in [0.05, 0.1) is 0 Å². The second kappa shape index (κ2) is 7.23. The Hall–Kier alpha value is -1.87. The van der Waals surface area contributed by atoms with Crippen LogP contribution in [0.25, 0.3) is 0 Å². The lowest BCUT2D eigenvalue weighted by atomic mass is 10.1. The zero-order valence-corrected chi connectivity index (χ0v) is 12.5. The van der Waals surface area contributed by atoms with Crippen molar-refractivity contribution in [2.45, 2.75) is 25.8 Å². The summed E-state index contributed by atoms with van der Waals surface area (Å²) in [5.41, 5.74) is 4.16. The monoisotopic (exact) mass is 281 g/mol. The summed E-state index contributed by atoms with van der Waals surface area (Å²) in [4.78, 5) is 6.56. The lowest BCUT2D eigenvalue weighted by Crippen LogP contribution is -2.22. The van der Waals surface area contributed by atoms with Gasteiger partial charge in [-0.3, -0.25) is 4.98 Å². The highest BCUT2D eigenvalue weighted by molar-refractivity contribution is 5.54. The van der Waals surface area contributed by atoms with Gasteiger partial charge in [-0.25, -0.2) is 0 Å². The maximum absolute atomic E-state index is 4.05. The molecule has 1 aliphatic rings. The second-order valence-corrected chi connectivity index (χ2v) is 5.61. The summed E-state index contributed by atoms with van der Waals surface area (Å²) in [6.45, 7) is 4.35. The fourth-order valence-corrected chi connectivity index (χ4v) is 2.93. The van der Waals surface area contributed by atoms with Gasteiger partial charge in [0.25, 0.3) is 0 Å². The van der Waals surface area contributed by atoms with E-state index in [9.17, 15) is 0 Å². The fraction of sp³-hybridized carbons (Fsp3) is 0.389. The quantitative estimate of drug-likeness (QED) is 0.825. The minimum Gasteiger partial charge on any atom is -0.371 e. The van der Waals surface area contributed by atoms with Crippen LogP contribution in [-0.4, -0.2) is 24.6 Å². The van der Waals surface area contributed by atoms with E-state index in [-0.39, 0.29) is 0 Å². The van der Waals surface area contributed by atoms with Crippen molar-refractivity contribution in [2.75, 3.05) is 24.5 Å². The molecule has 1 N–H and O–H groups in total. The van der Waals surface area contributed by atoms with Crippen molar-refractivity contribution in [1.29, 1.82) is 0 Å². The molecular formula is C18H23N3. The minimum absolute atomic E-state index is 0.942. The first-order valence-electron chi connectivity index (χ1n) is 7.86. The zero-order chi connectivity index (χ0) is 14.3. The van der Waals surface area contributed by atoms with Crippen molar-refractivity contribution in [1.82, 2.24) is 10.3 Å². The number of nitrogens with zero attached hydrogens (tertiary/aromatic N) is 2. The van der Waals surface area contributed by atoms with Gasteiger partial charge in [-0.05, 0) is 55.1 Å². The minimum atomic E-state index is 0.942. The van der Waals surface area contributed by atoms with Gasteiger partial charge in [0.1, 0.15) is 0 Å². The third kappa shape index (κ3) is 3.82. The number of aromatic nitrogens is 1. The van der Waals surface area contributed by atoms with Crippen LogP contribution in [0.2, 0.25) is 0 Å². The van der Waals surface area contributed by atoms with E-state index in [1.165, 1.54) is 42.7 Å². The summed E-state index contributed by atoms with van der Waals surface area (Å²) in [6.07, 6.45) is 7.41. The Morgan fingerprint density at radius 1 is 1.00 bits per heavy atom. The molecule has 2 aromatic rings. The van der Waals surface area contributed by atoms with Crippen LogP contribution in [0, 0.1) is 0 Å². The molecule has 1 saturated heterocycles. The highest BCUT2D eigenvalue weighted by Crippen LogP contribution is 2.24. The van der Waals surface area contributed by atoms with Crippen LogP contribution in [-0.2, 0) is 13.0 Å². The van der Waals surface area contributed by atoms with Gasteiger partial charge in [-0.1, -0.05) is 18.2 Å². The van der Waals surface area contributed by atoms with Crippen molar-refractivity contribution < 1.29 is 0 Å². The molecule has 0 saturated carbocycles. The van der Waals surface area contributed by atoms with E-state index in [2.05, 4.69) is 51.6 Å². The Balaban J connectivity index is 1.53. The molecule has 0 bridgehead atoms. The molecule has 3 nitrogen and oxygen atoms in total. The van der Waals surface area contributed by atoms with Crippen molar-refractivity contribution in [3.05, 3.63) is 59.9 Å². The third-order valence-electron chi connectivity index (χ3n) is 4.09. The standard InChI is InChI=1S/C18H23N3/c1-2-6-18(21-13-3-4-14-21)17(5-1)15-20-12-9-16-7-10-19-11-8-16/h1-2,5-8,10-11,20H,3-4,9,12-15H2. The third-order valence-corrected chi connectivity index (χ3v) is 4.09. The van der Waals surface area contributed by atoms with Crippen molar-refractivity contribution >= 4 is 5.69 Å². The van der Waals surface area contributed by atoms with E-state index in [4.69, 9.17) is 0 Å². The van der Waals surface area contributed by atoms with Crippen molar-refractivity contribution in [3.8, 4) is 0 Å². The lowest BCUT2D eigenvalue weighted by molar-refractivity contribution is 0.685. The van der Waals surface area contributed by atoms with Crippen molar-refractivity contribution in [3.63, 3.8) is 0 Å². The van der Waals surface area contributed by atoms with E-state index in [1.807, 2.05) is 12.4 Å². The summed E-state index contributed by atoms with van der Waals surface area (Å²) in [6, 6.07) is 12.9. The molecule has 1 fully saturated rings. The molecule has 1 aliphatic heterocycles. The fourth-order valence-electron chi connectivity index (χ4n) is 2.93. The molecule has 3 heteroatoms. The van der Waals surface area contributed by atoms with E-state index in [1.54, 1.807) is 0 Å². The summed E-state index contributed by atoms with van der Waals surface area (Å²) >= 11 is 0. The molecule has 2 heterocycles. The van der Waals surface area contributed by atoms with E-state index < -0.39 is 0 Å². The Kier molecular flexibility index (Phi) is 4.85. The number of rotatable bonds is 6. The van der Waals surface area contributed by atoms with Crippen LogP contribution < -0.4 is 10.2 Å². The van der Waals surface area contributed by atoms with Gasteiger partial charge in [0.2, 0.25) is 0 Å². The van der Waals surface area contributed by atoms with Crippen LogP contribution in [0.4, 0.5) is 5.69 Å². The Morgan fingerprint density at radius 3 is 2.57 bits per heavy atom. The topological polar surface area (TPSA) is 28.2 Å². The highest BCUT2D eigenvalue weighted by atomic mass is 15.1. The van der Waals surface area contributed by atoms with Crippen LogP contribution in [0.5, 0.6) is 0 Å². The molecule has 0 aliphatic carbocycles. The van der Waals surface area contributed by atoms with Crippen LogP contribution in [0.15, 0.2) is 48.8 Å². The summed E-state index contributed by atoms with van der Waals surface area (Å²) in [5.74, 6) is 0. The van der Waals surface area contributed by atoms with Gasteiger partial charge >= 0.3 is 0 Å². The maximum atomic E-state index is 4.05. The SMILES string of the molecule is c1ccc(N2CCCC2)c(CNCCc2ccncc2)c1. The van der Waals surface area contributed by atoms with Crippen LogP contribution in [0.1, 0.15) is 24.0 Å². The molecule has 0 spiro atoms. The predicted octanol–water partition coefficient (Wildman–Crippen LogP) is 3.01. The average Bonchev–Trinajstić information content (AvgIpc) is 3.07. The molecule has 0 amide bonds. The Labute approximate surface area is 127 Å². The Morgan fingerprint density at radius 2 is 1.76 bits per heavy atom. The molecule has 21 heavy (non-hydrogen) atoms. The summed E-state index contributed by atoms with van der Waals surface area (Å²) in [7, 11) is 0. The van der Waals surface area contributed by atoms with Gasteiger partial charge in [0, 0.05) is 37.7 Å². The molecule has 1 aromatic heterocycles. The van der Waals surface area contributed by atoms with Gasteiger partial charge in [-0.15, -0.1) is 0 Å².